The Bertz CT molecular complexity index is 540. The molecule has 2 aromatic carbocycles. The average molecular weight is 359 g/mol. The van der Waals surface area contributed by atoms with Crippen LogP contribution in [0.1, 0.15) is 18.5 Å². The summed E-state index contributed by atoms with van der Waals surface area (Å²) in [5, 5.41) is 3.28. The van der Waals surface area contributed by atoms with Gasteiger partial charge in [-0.3, -0.25) is 0 Å². The Balaban J connectivity index is 2.15. The van der Waals surface area contributed by atoms with Crippen LogP contribution in [0.15, 0.2) is 42.5 Å². The third-order valence-electron chi connectivity index (χ3n) is 2.67. The van der Waals surface area contributed by atoms with Crippen LogP contribution in [0.2, 0.25) is 0 Å². The van der Waals surface area contributed by atoms with E-state index in [2.05, 4.69) is 27.9 Å². The molecule has 0 saturated heterocycles. The van der Waals surface area contributed by atoms with Crippen LogP contribution >= 0.6 is 22.6 Å². The fourth-order valence-electron chi connectivity index (χ4n) is 1.67. The molecule has 1 nitrogen and oxygen atoms in total. The second-order valence-electron chi connectivity index (χ2n) is 4.04. The molecule has 4 heteroatoms. The SMILES string of the molecule is CC(Nc1ccc(F)cc1I)c1ccc(F)cc1. The van der Waals surface area contributed by atoms with Gasteiger partial charge in [-0.15, -0.1) is 0 Å². The molecule has 94 valence electrons. The highest BCUT2D eigenvalue weighted by molar-refractivity contribution is 14.1. The highest BCUT2D eigenvalue weighted by Crippen LogP contribution is 2.24. The van der Waals surface area contributed by atoms with Gasteiger partial charge in [-0.1, -0.05) is 12.1 Å². The molecule has 2 aromatic rings. The van der Waals surface area contributed by atoms with Gasteiger partial charge >= 0.3 is 0 Å². The van der Waals surface area contributed by atoms with Crippen LogP contribution in [0.5, 0.6) is 0 Å². The molecular formula is C14H12F2IN. The van der Waals surface area contributed by atoms with E-state index < -0.39 is 0 Å². The van der Waals surface area contributed by atoms with E-state index in [9.17, 15) is 8.78 Å². The molecule has 2 rings (SSSR count). The first kappa shape index (κ1) is 13.3. The molecule has 18 heavy (non-hydrogen) atoms. The first-order valence-electron chi connectivity index (χ1n) is 5.53. The summed E-state index contributed by atoms with van der Waals surface area (Å²) in [7, 11) is 0. The zero-order valence-corrected chi connectivity index (χ0v) is 11.9. The largest absolute Gasteiger partial charge is 0.378 e. The predicted molar refractivity (Wildman–Crippen MR) is 77.6 cm³/mol. The molecular weight excluding hydrogens is 347 g/mol. The topological polar surface area (TPSA) is 12.0 Å². The van der Waals surface area contributed by atoms with E-state index in [-0.39, 0.29) is 17.7 Å². The van der Waals surface area contributed by atoms with Crippen molar-refractivity contribution in [2.24, 2.45) is 0 Å². The van der Waals surface area contributed by atoms with E-state index in [4.69, 9.17) is 0 Å². The summed E-state index contributed by atoms with van der Waals surface area (Å²) in [6, 6.07) is 11.0. The van der Waals surface area contributed by atoms with Crippen LogP contribution in [0.4, 0.5) is 14.5 Å². The first-order valence-corrected chi connectivity index (χ1v) is 6.61. The van der Waals surface area contributed by atoms with Gasteiger partial charge in [0.05, 0.1) is 0 Å². The standard InChI is InChI=1S/C14H12F2IN/c1-9(10-2-4-11(15)5-3-10)18-14-7-6-12(16)8-13(14)17/h2-9,18H,1H3. The monoisotopic (exact) mass is 359 g/mol. The number of rotatable bonds is 3. The summed E-state index contributed by atoms with van der Waals surface area (Å²) in [4.78, 5) is 0. The van der Waals surface area contributed by atoms with Crippen molar-refractivity contribution in [3.8, 4) is 0 Å². The van der Waals surface area contributed by atoms with Gasteiger partial charge in [-0.25, -0.2) is 8.78 Å². The molecule has 0 bridgehead atoms. The molecule has 0 aliphatic heterocycles. The van der Waals surface area contributed by atoms with Gasteiger partial charge in [0.15, 0.2) is 0 Å². The average Bonchev–Trinajstić information content (AvgIpc) is 2.33. The van der Waals surface area contributed by atoms with Crippen molar-refractivity contribution < 1.29 is 8.78 Å². The maximum atomic E-state index is 13.0. The minimum absolute atomic E-state index is 0.0320. The van der Waals surface area contributed by atoms with Gasteiger partial charge in [0, 0.05) is 15.3 Å². The lowest BCUT2D eigenvalue weighted by Crippen LogP contribution is -2.07. The van der Waals surface area contributed by atoms with Gasteiger partial charge in [-0.05, 0) is 65.4 Å². The highest BCUT2D eigenvalue weighted by Gasteiger charge is 2.08. The smallest absolute Gasteiger partial charge is 0.124 e. The van der Waals surface area contributed by atoms with Crippen molar-refractivity contribution in [2.75, 3.05) is 5.32 Å². The minimum Gasteiger partial charge on any atom is -0.378 e. The number of anilines is 1. The summed E-state index contributed by atoms with van der Waals surface area (Å²) < 4.78 is 26.6. The van der Waals surface area contributed by atoms with E-state index in [1.165, 1.54) is 24.3 Å². The maximum Gasteiger partial charge on any atom is 0.124 e. The van der Waals surface area contributed by atoms with Crippen molar-refractivity contribution in [3.05, 3.63) is 63.2 Å². The Morgan fingerprint density at radius 1 is 1.00 bits per heavy atom. The van der Waals surface area contributed by atoms with Crippen LogP contribution in [0, 0.1) is 15.2 Å². The van der Waals surface area contributed by atoms with Crippen LogP contribution in [-0.4, -0.2) is 0 Å². The summed E-state index contributed by atoms with van der Waals surface area (Å²) in [6.45, 7) is 1.98. The van der Waals surface area contributed by atoms with Gasteiger partial charge in [0.1, 0.15) is 11.6 Å². The summed E-state index contributed by atoms with van der Waals surface area (Å²) in [5.41, 5.74) is 1.85. The normalized spacial score (nSPS) is 12.2. The molecule has 0 aliphatic carbocycles. The van der Waals surface area contributed by atoms with Crippen molar-refractivity contribution >= 4 is 28.3 Å². The Kier molecular flexibility index (Phi) is 4.16. The lowest BCUT2D eigenvalue weighted by Gasteiger charge is -2.17. The zero-order valence-electron chi connectivity index (χ0n) is 9.75. The van der Waals surface area contributed by atoms with E-state index in [0.717, 1.165) is 14.8 Å². The number of hydrogen-bond acceptors (Lipinski definition) is 1. The van der Waals surface area contributed by atoms with Crippen molar-refractivity contribution in [3.63, 3.8) is 0 Å². The zero-order chi connectivity index (χ0) is 13.1. The Labute approximate surface area is 118 Å². The summed E-state index contributed by atoms with van der Waals surface area (Å²) >= 11 is 2.08. The Morgan fingerprint density at radius 3 is 2.22 bits per heavy atom. The fourth-order valence-corrected chi connectivity index (χ4v) is 2.31. The second-order valence-corrected chi connectivity index (χ2v) is 5.20. The number of benzene rings is 2. The Morgan fingerprint density at radius 2 is 1.61 bits per heavy atom. The first-order chi connectivity index (χ1) is 8.56. The second kappa shape index (κ2) is 5.65. The van der Waals surface area contributed by atoms with E-state index >= 15 is 0 Å². The molecule has 1 unspecified atom stereocenters. The highest BCUT2D eigenvalue weighted by atomic mass is 127. The summed E-state index contributed by atoms with van der Waals surface area (Å²) in [5.74, 6) is -0.498. The van der Waals surface area contributed by atoms with Crippen LogP contribution in [-0.2, 0) is 0 Å². The molecule has 1 N–H and O–H groups in total. The van der Waals surface area contributed by atoms with E-state index in [1.807, 2.05) is 6.92 Å². The molecule has 0 aromatic heterocycles. The number of hydrogen-bond donors (Lipinski definition) is 1. The van der Waals surface area contributed by atoms with Gasteiger partial charge in [0.2, 0.25) is 0 Å². The van der Waals surface area contributed by atoms with Gasteiger partial charge in [0.25, 0.3) is 0 Å². The number of halogens is 3. The molecule has 0 aliphatic rings. The lowest BCUT2D eigenvalue weighted by atomic mass is 10.1. The lowest BCUT2D eigenvalue weighted by molar-refractivity contribution is 0.625. The van der Waals surface area contributed by atoms with E-state index in [1.54, 1.807) is 18.2 Å². The predicted octanol–water partition coefficient (Wildman–Crippen LogP) is 4.74. The van der Waals surface area contributed by atoms with Crippen molar-refractivity contribution in [1.29, 1.82) is 0 Å². The molecule has 0 spiro atoms. The molecule has 0 saturated carbocycles. The fraction of sp³-hybridized carbons (Fsp3) is 0.143. The van der Waals surface area contributed by atoms with E-state index in [0.29, 0.717) is 0 Å². The van der Waals surface area contributed by atoms with Gasteiger partial charge < -0.3 is 5.32 Å². The third-order valence-corrected chi connectivity index (χ3v) is 3.57. The van der Waals surface area contributed by atoms with Crippen molar-refractivity contribution in [1.82, 2.24) is 0 Å². The summed E-state index contributed by atoms with van der Waals surface area (Å²) in [6.07, 6.45) is 0. The van der Waals surface area contributed by atoms with Crippen molar-refractivity contribution in [2.45, 2.75) is 13.0 Å². The molecule has 1 atom stereocenters. The minimum atomic E-state index is -0.251. The molecule has 0 fully saturated rings. The maximum absolute atomic E-state index is 13.0. The van der Waals surface area contributed by atoms with Crippen LogP contribution in [0.25, 0.3) is 0 Å². The molecule has 0 amide bonds. The Hall–Kier alpha value is -1.17. The third kappa shape index (κ3) is 3.19. The molecule has 0 radical (unpaired) electrons. The van der Waals surface area contributed by atoms with Crippen LogP contribution in [0.3, 0.4) is 0 Å². The molecule has 0 heterocycles. The van der Waals surface area contributed by atoms with Gasteiger partial charge in [-0.2, -0.15) is 0 Å². The number of nitrogens with one attached hydrogen (secondary N) is 1. The van der Waals surface area contributed by atoms with Crippen LogP contribution < -0.4 is 5.32 Å². The quantitative estimate of drug-likeness (QED) is 0.781.